The van der Waals surface area contributed by atoms with Crippen LogP contribution < -0.4 is 10.6 Å². The molecule has 4 N–H and O–H groups in total. The van der Waals surface area contributed by atoms with Gasteiger partial charge >= 0.3 is 0 Å². The minimum atomic E-state index is -1.61. The molecular formula is C48H96N4O6Si2. The summed E-state index contributed by atoms with van der Waals surface area (Å²) in [7, 11) is 0.217. The van der Waals surface area contributed by atoms with Crippen molar-refractivity contribution in [1.82, 2.24) is 20.4 Å². The summed E-state index contributed by atoms with van der Waals surface area (Å²) in [4.78, 5) is 55.7. The van der Waals surface area contributed by atoms with Gasteiger partial charge in [-0.3, -0.25) is 19.2 Å². The highest BCUT2D eigenvalue weighted by Gasteiger charge is 2.42. The summed E-state index contributed by atoms with van der Waals surface area (Å²) < 4.78 is 0. The first-order valence-corrected chi connectivity index (χ1v) is 29.4. The molecule has 0 spiro atoms. The molecule has 4 amide bonds. The third-order valence-electron chi connectivity index (χ3n) is 11.6. The van der Waals surface area contributed by atoms with Crippen LogP contribution in [0.2, 0.25) is 50.4 Å². The highest BCUT2D eigenvalue weighted by molar-refractivity contribution is 6.78. The van der Waals surface area contributed by atoms with Gasteiger partial charge in [0.05, 0.1) is 28.4 Å². The van der Waals surface area contributed by atoms with Crippen LogP contribution in [-0.4, -0.2) is 109 Å². The standard InChI is InChI=1S/2C24H48N2O3Si/c2*1-14-19(30(11,12)13)18(27)15-16(2)17(3)20(21(28)25-24(7,8)9)26(10)22(29)23(4,5)6/h2*14,16-20,27H,1,15H2,2-13H3,(H,25,28)/t16-,17-,18+,19-,20+;16-,17-,18-,19+,20+/m11/s1. The Kier molecular flexibility index (Phi) is 22.8. The fourth-order valence-corrected chi connectivity index (χ4v) is 12.0. The van der Waals surface area contributed by atoms with E-state index in [1.165, 1.54) is 0 Å². The number of carbonyl (C=O) groups excluding carboxylic acids is 4. The van der Waals surface area contributed by atoms with Crippen LogP contribution in [0, 0.1) is 34.5 Å². The molecule has 0 aromatic carbocycles. The van der Waals surface area contributed by atoms with E-state index in [0.29, 0.717) is 12.8 Å². The quantitative estimate of drug-likeness (QED) is 0.0800. The monoisotopic (exact) mass is 881 g/mol. The number of carbonyl (C=O) groups is 4. The van der Waals surface area contributed by atoms with Crippen molar-refractivity contribution in [2.45, 2.75) is 209 Å². The topological polar surface area (TPSA) is 139 Å². The molecule has 0 aliphatic rings. The van der Waals surface area contributed by atoms with Crippen molar-refractivity contribution in [2.75, 3.05) is 14.1 Å². The molecule has 0 bridgehead atoms. The Morgan fingerprint density at radius 2 is 0.783 bits per heavy atom. The zero-order valence-corrected chi connectivity index (χ0v) is 45.2. The first-order chi connectivity index (χ1) is 26.5. The second-order valence-electron chi connectivity index (χ2n) is 24.2. The Balaban J connectivity index is 0. The minimum absolute atomic E-state index is 0.0461. The van der Waals surface area contributed by atoms with Crippen LogP contribution >= 0.6 is 0 Å². The number of hydrogen-bond acceptors (Lipinski definition) is 6. The van der Waals surface area contributed by atoms with Crippen molar-refractivity contribution in [1.29, 1.82) is 0 Å². The van der Waals surface area contributed by atoms with E-state index in [4.69, 9.17) is 0 Å². The second-order valence-corrected chi connectivity index (χ2v) is 35.0. The van der Waals surface area contributed by atoms with Crippen LogP contribution in [0.3, 0.4) is 0 Å². The fourth-order valence-electron chi connectivity index (χ4n) is 8.01. The fraction of sp³-hybridized carbons (Fsp3) is 0.833. The lowest BCUT2D eigenvalue weighted by Gasteiger charge is -2.40. The van der Waals surface area contributed by atoms with E-state index in [1.807, 2.05) is 109 Å². The van der Waals surface area contributed by atoms with Crippen molar-refractivity contribution in [3.8, 4) is 0 Å². The van der Waals surface area contributed by atoms with Crippen molar-refractivity contribution in [3.05, 3.63) is 25.3 Å². The lowest BCUT2D eigenvalue weighted by molar-refractivity contribution is -0.148. The maximum atomic E-state index is 13.2. The molecule has 0 heterocycles. The van der Waals surface area contributed by atoms with Crippen LogP contribution in [-0.2, 0) is 19.2 Å². The lowest BCUT2D eigenvalue weighted by atomic mass is 9.82. The van der Waals surface area contributed by atoms with Crippen molar-refractivity contribution in [2.24, 2.45) is 34.5 Å². The Morgan fingerprint density at radius 1 is 0.550 bits per heavy atom. The number of nitrogens with zero attached hydrogens (tertiary/aromatic N) is 2. The van der Waals surface area contributed by atoms with E-state index < -0.39 is 62.3 Å². The maximum Gasteiger partial charge on any atom is 0.243 e. The summed E-state index contributed by atoms with van der Waals surface area (Å²) in [5.41, 5.74) is -1.78. The average molecular weight is 881 g/mol. The smallest absolute Gasteiger partial charge is 0.243 e. The van der Waals surface area contributed by atoms with Gasteiger partial charge in [-0.15, -0.1) is 13.2 Å². The van der Waals surface area contributed by atoms with Crippen LogP contribution in [0.1, 0.15) is 124 Å². The van der Waals surface area contributed by atoms with Gasteiger partial charge in [-0.1, -0.05) is 121 Å². The summed E-state index contributed by atoms with van der Waals surface area (Å²) in [5, 5.41) is 28.0. The van der Waals surface area contributed by atoms with Gasteiger partial charge in [0, 0.05) is 36.0 Å². The zero-order chi connectivity index (χ0) is 48.5. The molecule has 12 heteroatoms. The molecule has 0 fully saturated rings. The van der Waals surface area contributed by atoms with Crippen molar-refractivity contribution >= 4 is 39.8 Å². The molecule has 0 aliphatic carbocycles. The maximum absolute atomic E-state index is 13.2. The first kappa shape index (κ1) is 59.8. The normalized spacial score (nSPS) is 18.0. The lowest BCUT2D eigenvalue weighted by Crippen LogP contribution is -2.57. The largest absolute Gasteiger partial charge is 0.393 e. The number of aliphatic hydroxyl groups excluding tert-OH is 2. The van der Waals surface area contributed by atoms with Crippen LogP contribution in [0.5, 0.6) is 0 Å². The van der Waals surface area contributed by atoms with Gasteiger partial charge < -0.3 is 30.6 Å². The minimum Gasteiger partial charge on any atom is -0.393 e. The van der Waals surface area contributed by atoms with Gasteiger partial charge in [-0.2, -0.15) is 0 Å². The Labute approximate surface area is 371 Å². The summed E-state index contributed by atoms with van der Waals surface area (Å²) in [6.07, 6.45) is 3.90. The SMILES string of the molecule is C=C[C@@H]([C@H](O)C[C@@H](C)[C@@H](C)[C@@H](C(=O)NC(C)(C)C)N(C)C(=O)C(C)(C)C)[Si](C)(C)C.C=C[C@H]([C@@H](O)C[C@@H](C)[C@@H](C)[C@@H](C(=O)NC(C)(C)C)N(C)C(=O)C(C)(C)C)[Si](C)(C)C. The molecule has 60 heavy (non-hydrogen) atoms. The number of aliphatic hydroxyl groups is 2. The third kappa shape index (κ3) is 19.8. The molecule has 352 valence electrons. The summed E-state index contributed by atoms with van der Waals surface area (Å²) in [6, 6.07) is -1.21. The Morgan fingerprint density at radius 3 is 0.950 bits per heavy atom. The molecule has 0 saturated carbocycles. The number of rotatable bonds is 18. The van der Waals surface area contributed by atoms with Gasteiger partial charge in [-0.25, -0.2) is 0 Å². The van der Waals surface area contributed by atoms with Crippen molar-refractivity contribution < 1.29 is 29.4 Å². The van der Waals surface area contributed by atoms with E-state index in [0.717, 1.165) is 0 Å². The first-order valence-electron chi connectivity index (χ1n) is 22.3. The molecule has 0 radical (unpaired) electrons. The number of amides is 4. The van der Waals surface area contributed by atoms with Gasteiger partial charge in [0.2, 0.25) is 23.6 Å². The third-order valence-corrected chi connectivity index (χ3v) is 16.9. The molecule has 0 rings (SSSR count). The van der Waals surface area contributed by atoms with E-state index in [2.05, 4.69) is 76.9 Å². The number of nitrogens with one attached hydrogen (secondary N) is 2. The van der Waals surface area contributed by atoms with Crippen LogP contribution in [0.15, 0.2) is 25.3 Å². The number of likely N-dealkylation sites (N-methyl/N-ethyl adjacent to an activating group) is 2. The molecular weight excluding hydrogens is 785 g/mol. The van der Waals surface area contributed by atoms with Crippen molar-refractivity contribution in [3.63, 3.8) is 0 Å². The molecule has 0 saturated heterocycles. The van der Waals surface area contributed by atoms with Gasteiger partial charge in [0.15, 0.2) is 0 Å². The zero-order valence-electron chi connectivity index (χ0n) is 43.2. The average Bonchev–Trinajstić information content (AvgIpc) is 3.00. The predicted octanol–water partition coefficient (Wildman–Crippen LogP) is 9.38. The Hall–Kier alpha value is -2.29. The predicted molar refractivity (Wildman–Crippen MR) is 260 cm³/mol. The summed E-state index contributed by atoms with van der Waals surface area (Å²) >= 11 is 0. The van der Waals surface area contributed by atoms with Crippen LogP contribution in [0.25, 0.3) is 0 Å². The van der Waals surface area contributed by atoms with E-state index in [9.17, 15) is 29.4 Å². The van der Waals surface area contributed by atoms with E-state index >= 15 is 0 Å². The molecule has 10 nitrogen and oxygen atoms in total. The Bertz CT molecular complexity index is 1300. The summed E-state index contributed by atoms with van der Waals surface area (Å²) in [6.45, 7) is 52.2. The van der Waals surface area contributed by atoms with Gasteiger partial charge in [-0.05, 0) is 89.1 Å². The second kappa shape index (κ2) is 22.9. The molecule has 0 unspecified atom stereocenters. The molecule has 0 aliphatic heterocycles. The molecule has 0 aromatic rings. The van der Waals surface area contributed by atoms with E-state index in [-0.39, 0.29) is 58.4 Å². The molecule has 10 atom stereocenters. The van der Waals surface area contributed by atoms with Gasteiger partial charge in [0.25, 0.3) is 0 Å². The highest BCUT2D eigenvalue weighted by atomic mass is 28.3. The summed E-state index contributed by atoms with van der Waals surface area (Å²) in [5.74, 6) is -0.585. The van der Waals surface area contributed by atoms with Gasteiger partial charge in [0.1, 0.15) is 12.1 Å². The molecule has 0 aromatic heterocycles. The van der Waals surface area contributed by atoms with E-state index in [1.54, 1.807) is 23.9 Å². The number of hydrogen-bond donors (Lipinski definition) is 4. The highest BCUT2D eigenvalue weighted by Crippen LogP contribution is 2.35. The van der Waals surface area contributed by atoms with Crippen LogP contribution in [0.4, 0.5) is 0 Å².